The number of imide groups is 1. The minimum absolute atomic E-state index is 0.118. The van der Waals surface area contributed by atoms with E-state index < -0.39 is 23.9 Å². The Morgan fingerprint density at radius 2 is 2.25 bits per heavy atom. The number of hydrogen-bond acceptors (Lipinski definition) is 4. The zero-order valence-corrected chi connectivity index (χ0v) is 6.42. The second-order valence-corrected chi connectivity index (χ2v) is 2.32. The third-order valence-electron chi connectivity index (χ3n) is 1.31. The van der Waals surface area contributed by atoms with E-state index in [9.17, 15) is 14.4 Å². The van der Waals surface area contributed by atoms with E-state index in [1.165, 1.54) is 6.92 Å². The zero-order chi connectivity index (χ0) is 9.14. The first-order chi connectivity index (χ1) is 5.59. The Bertz CT molecular complexity index is 238. The summed E-state index contributed by atoms with van der Waals surface area (Å²) in [4.78, 5) is 31.7. The highest BCUT2D eigenvalue weighted by atomic mass is 16.5. The van der Waals surface area contributed by atoms with Gasteiger partial charge < -0.3 is 10.1 Å². The Morgan fingerprint density at radius 1 is 1.58 bits per heavy atom. The SMILES string of the molecule is CC(=O)OCC1NC(=O)NC1=O. The van der Waals surface area contributed by atoms with Crippen LogP contribution in [0.15, 0.2) is 0 Å². The van der Waals surface area contributed by atoms with Gasteiger partial charge in [0.2, 0.25) is 0 Å². The number of carbonyl (C=O) groups is 3. The Morgan fingerprint density at radius 3 is 2.67 bits per heavy atom. The highest BCUT2D eigenvalue weighted by Gasteiger charge is 2.29. The number of esters is 1. The first-order valence-corrected chi connectivity index (χ1v) is 3.34. The number of hydrogen-bond donors (Lipinski definition) is 2. The van der Waals surface area contributed by atoms with Crippen LogP contribution in [0, 0.1) is 0 Å². The van der Waals surface area contributed by atoms with Crippen molar-refractivity contribution in [2.45, 2.75) is 13.0 Å². The van der Waals surface area contributed by atoms with Crippen LogP contribution in [0.1, 0.15) is 6.92 Å². The van der Waals surface area contributed by atoms with Crippen molar-refractivity contribution in [1.82, 2.24) is 10.6 Å². The van der Waals surface area contributed by atoms with Crippen molar-refractivity contribution in [3.8, 4) is 0 Å². The van der Waals surface area contributed by atoms with Crippen LogP contribution in [-0.4, -0.2) is 30.6 Å². The molecule has 0 saturated carbocycles. The van der Waals surface area contributed by atoms with Crippen LogP contribution in [0.5, 0.6) is 0 Å². The third kappa shape index (κ3) is 1.94. The quantitative estimate of drug-likeness (QED) is 0.403. The highest BCUT2D eigenvalue weighted by Crippen LogP contribution is 1.93. The monoisotopic (exact) mass is 172 g/mol. The van der Waals surface area contributed by atoms with Gasteiger partial charge in [-0.1, -0.05) is 0 Å². The molecule has 0 aromatic carbocycles. The molecule has 0 aromatic rings. The molecule has 12 heavy (non-hydrogen) atoms. The molecule has 1 aliphatic rings. The maximum atomic E-state index is 10.8. The number of rotatable bonds is 2. The molecule has 1 atom stereocenters. The average molecular weight is 172 g/mol. The van der Waals surface area contributed by atoms with E-state index in [-0.39, 0.29) is 6.61 Å². The standard InChI is InChI=1S/C6H8N2O4/c1-3(9)12-2-4-5(10)8-6(11)7-4/h4H,2H2,1H3,(H2,7,8,10,11). The summed E-state index contributed by atoms with van der Waals surface area (Å²) in [5.41, 5.74) is 0. The Hall–Kier alpha value is -1.59. The van der Waals surface area contributed by atoms with Crippen LogP contribution >= 0.6 is 0 Å². The molecule has 1 fully saturated rings. The minimum Gasteiger partial charge on any atom is -0.463 e. The van der Waals surface area contributed by atoms with E-state index in [1.807, 2.05) is 5.32 Å². The predicted octanol–water partition coefficient (Wildman–Crippen LogP) is -1.24. The Balaban J connectivity index is 2.38. The van der Waals surface area contributed by atoms with E-state index in [2.05, 4.69) is 10.1 Å². The molecule has 66 valence electrons. The summed E-state index contributed by atoms with van der Waals surface area (Å²) in [6, 6.07) is -1.31. The van der Waals surface area contributed by atoms with Crippen LogP contribution in [-0.2, 0) is 14.3 Å². The maximum absolute atomic E-state index is 10.8. The van der Waals surface area contributed by atoms with Gasteiger partial charge in [-0.15, -0.1) is 0 Å². The number of nitrogens with one attached hydrogen (secondary N) is 2. The molecule has 0 bridgehead atoms. The van der Waals surface area contributed by atoms with Gasteiger partial charge in [0, 0.05) is 6.92 Å². The van der Waals surface area contributed by atoms with Gasteiger partial charge >= 0.3 is 12.0 Å². The Labute approximate surface area is 68.3 Å². The van der Waals surface area contributed by atoms with Gasteiger partial charge in [-0.3, -0.25) is 14.9 Å². The van der Waals surface area contributed by atoms with Crippen LogP contribution < -0.4 is 10.6 Å². The first kappa shape index (κ1) is 8.51. The second-order valence-electron chi connectivity index (χ2n) is 2.32. The molecule has 6 heteroatoms. The molecule has 6 nitrogen and oxygen atoms in total. The van der Waals surface area contributed by atoms with Crippen molar-refractivity contribution in [3.05, 3.63) is 0 Å². The van der Waals surface area contributed by atoms with Crippen LogP contribution in [0.4, 0.5) is 4.79 Å². The molecule has 1 heterocycles. The van der Waals surface area contributed by atoms with Crippen LogP contribution in [0.3, 0.4) is 0 Å². The highest BCUT2D eigenvalue weighted by molar-refractivity contribution is 6.04. The maximum Gasteiger partial charge on any atom is 0.322 e. The van der Waals surface area contributed by atoms with Crippen molar-refractivity contribution in [2.24, 2.45) is 0 Å². The fourth-order valence-corrected chi connectivity index (χ4v) is 0.777. The van der Waals surface area contributed by atoms with Gasteiger partial charge in [0.1, 0.15) is 12.6 Å². The van der Waals surface area contributed by atoms with Crippen LogP contribution in [0.25, 0.3) is 0 Å². The van der Waals surface area contributed by atoms with Crippen molar-refractivity contribution in [1.29, 1.82) is 0 Å². The lowest BCUT2D eigenvalue weighted by atomic mass is 10.3. The molecule has 3 amide bonds. The van der Waals surface area contributed by atoms with Gasteiger partial charge in [-0.2, -0.15) is 0 Å². The zero-order valence-electron chi connectivity index (χ0n) is 6.42. The summed E-state index contributed by atoms with van der Waals surface area (Å²) in [6.07, 6.45) is 0. The fourth-order valence-electron chi connectivity index (χ4n) is 0.777. The molecule has 0 aromatic heterocycles. The van der Waals surface area contributed by atoms with Gasteiger partial charge in [0.25, 0.3) is 5.91 Å². The van der Waals surface area contributed by atoms with E-state index in [0.717, 1.165) is 0 Å². The average Bonchev–Trinajstić information content (AvgIpc) is 2.26. The summed E-state index contributed by atoms with van der Waals surface area (Å²) < 4.78 is 4.53. The predicted molar refractivity (Wildman–Crippen MR) is 37.1 cm³/mol. The molecule has 0 radical (unpaired) electrons. The summed E-state index contributed by atoms with van der Waals surface area (Å²) in [6.45, 7) is 1.11. The second kappa shape index (κ2) is 3.21. The largest absolute Gasteiger partial charge is 0.463 e. The van der Waals surface area contributed by atoms with E-state index >= 15 is 0 Å². The number of carbonyl (C=O) groups excluding carboxylic acids is 3. The normalized spacial score (nSPS) is 21.6. The van der Waals surface area contributed by atoms with E-state index in [4.69, 9.17) is 0 Å². The van der Waals surface area contributed by atoms with Crippen molar-refractivity contribution in [2.75, 3.05) is 6.61 Å². The Kier molecular flexibility index (Phi) is 2.27. The summed E-state index contributed by atoms with van der Waals surface area (Å²) in [5, 5.41) is 4.29. The van der Waals surface area contributed by atoms with Gasteiger partial charge in [-0.05, 0) is 0 Å². The van der Waals surface area contributed by atoms with Crippen molar-refractivity contribution in [3.63, 3.8) is 0 Å². The topological polar surface area (TPSA) is 84.5 Å². The van der Waals surface area contributed by atoms with E-state index in [1.54, 1.807) is 0 Å². The van der Waals surface area contributed by atoms with Gasteiger partial charge in [0.15, 0.2) is 0 Å². The molecule has 0 aliphatic carbocycles. The van der Waals surface area contributed by atoms with E-state index in [0.29, 0.717) is 0 Å². The lowest BCUT2D eigenvalue weighted by Gasteiger charge is -2.05. The molecule has 1 rings (SSSR count). The fraction of sp³-hybridized carbons (Fsp3) is 0.500. The molecule has 0 spiro atoms. The number of amides is 3. The van der Waals surface area contributed by atoms with Gasteiger partial charge in [-0.25, -0.2) is 4.79 Å². The molecular weight excluding hydrogens is 164 g/mol. The molecular formula is C6H8N2O4. The molecule has 1 unspecified atom stereocenters. The third-order valence-corrected chi connectivity index (χ3v) is 1.31. The number of urea groups is 1. The van der Waals surface area contributed by atoms with Crippen molar-refractivity contribution < 1.29 is 19.1 Å². The summed E-state index contributed by atoms with van der Waals surface area (Å²) in [7, 11) is 0. The lowest BCUT2D eigenvalue weighted by Crippen LogP contribution is -2.34. The lowest BCUT2D eigenvalue weighted by molar-refractivity contribution is -0.142. The molecule has 2 N–H and O–H groups in total. The van der Waals surface area contributed by atoms with Crippen molar-refractivity contribution >= 4 is 17.9 Å². The number of ether oxygens (including phenoxy) is 1. The van der Waals surface area contributed by atoms with Crippen LogP contribution in [0.2, 0.25) is 0 Å². The minimum atomic E-state index is -0.749. The molecule has 1 saturated heterocycles. The summed E-state index contributed by atoms with van der Waals surface area (Å²) >= 11 is 0. The summed E-state index contributed by atoms with van der Waals surface area (Å²) in [5.74, 6) is -0.954. The smallest absolute Gasteiger partial charge is 0.322 e. The molecule has 1 aliphatic heterocycles. The first-order valence-electron chi connectivity index (χ1n) is 3.34. The van der Waals surface area contributed by atoms with Gasteiger partial charge in [0.05, 0.1) is 0 Å².